The Morgan fingerprint density at radius 1 is 1.13 bits per heavy atom. The van der Waals surface area contributed by atoms with Gasteiger partial charge in [0.25, 0.3) is 0 Å². The maximum Gasteiger partial charge on any atom is 0.226 e. The Balaban J connectivity index is 1.28. The number of aromatic amines is 1. The Hall–Kier alpha value is -3.17. The summed E-state index contributed by atoms with van der Waals surface area (Å²) in [5.41, 5.74) is 3.69. The third-order valence-electron chi connectivity index (χ3n) is 4.82. The fourth-order valence-corrected chi connectivity index (χ4v) is 4.62. The Labute approximate surface area is 184 Å². The summed E-state index contributed by atoms with van der Waals surface area (Å²) in [6.45, 7) is 0.558. The molecule has 0 saturated heterocycles. The molecule has 0 aliphatic rings. The van der Waals surface area contributed by atoms with Crippen LogP contribution in [0, 0.1) is 0 Å². The van der Waals surface area contributed by atoms with E-state index in [0.29, 0.717) is 17.4 Å². The molecular weight excluding hydrogens is 432 g/mol. The number of rotatable bonds is 8. The number of hydrogen-bond donors (Lipinski definition) is 3. The van der Waals surface area contributed by atoms with Crippen LogP contribution in [0.5, 0.6) is 0 Å². The van der Waals surface area contributed by atoms with Gasteiger partial charge >= 0.3 is 0 Å². The summed E-state index contributed by atoms with van der Waals surface area (Å²) in [4.78, 5) is 20.2. The van der Waals surface area contributed by atoms with Crippen molar-refractivity contribution in [3.63, 3.8) is 0 Å². The highest BCUT2D eigenvalue weighted by Gasteiger charge is 2.10. The highest BCUT2D eigenvalue weighted by molar-refractivity contribution is 7.90. The predicted molar refractivity (Wildman–Crippen MR) is 124 cm³/mol. The number of fused-ring (bicyclic) bond motifs is 1. The van der Waals surface area contributed by atoms with E-state index < -0.39 is 9.84 Å². The van der Waals surface area contributed by atoms with Crippen LogP contribution in [0.3, 0.4) is 0 Å². The van der Waals surface area contributed by atoms with Gasteiger partial charge in [-0.2, -0.15) is 0 Å². The van der Waals surface area contributed by atoms with Crippen molar-refractivity contribution in [2.45, 2.75) is 17.7 Å². The minimum atomic E-state index is -3.22. The first kappa shape index (κ1) is 21.1. The van der Waals surface area contributed by atoms with Crippen LogP contribution in [0.1, 0.15) is 11.3 Å². The topological polar surface area (TPSA) is 104 Å². The number of para-hydroxylation sites is 1. The van der Waals surface area contributed by atoms with Crippen molar-refractivity contribution in [3.05, 3.63) is 71.4 Å². The van der Waals surface area contributed by atoms with Gasteiger partial charge in [0, 0.05) is 41.0 Å². The van der Waals surface area contributed by atoms with E-state index in [1.54, 1.807) is 24.3 Å². The second kappa shape index (κ2) is 8.91. The predicted octanol–water partition coefficient (Wildman–Crippen LogP) is 3.67. The molecule has 4 aromatic rings. The molecule has 0 fully saturated rings. The maximum atomic E-state index is 12.3. The van der Waals surface area contributed by atoms with E-state index in [1.165, 1.54) is 28.5 Å². The zero-order valence-electron chi connectivity index (χ0n) is 16.9. The lowest BCUT2D eigenvalue weighted by Crippen LogP contribution is -2.27. The van der Waals surface area contributed by atoms with E-state index in [0.717, 1.165) is 17.6 Å². The molecule has 1 amide bonds. The third-order valence-corrected chi connectivity index (χ3v) is 6.75. The number of sulfone groups is 1. The molecule has 2 heterocycles. The summed E-state index contributed by atoms with van der Waals surface area (Å²) in [6.07, 6.45) is 4.12. The van der Waals surface area contributed by atoms with Gasteiger partial charge in [0.05, 0.1) is 17.0 Å². The van der Waals surface area contributed by atoms with Crippen molar-refractivity contribution >= 4 is 48.8 Å². The van der Waals surface area contributed by atoms with Crippen LogP contribution in [0.25, 0.3) is 10.9 Å². The second-order valence-corrected chi connectivity index (χ2v) is 10.1. The van der Waals surface area contributed by atoms with Crippen LogP contribution in [0.2, 0.25) is 0 Å². The minimum Gasteiger partial charge on any atom is -0.361 e. The van der Waals surface area contributed by atoms with E-state index in [-0.39, 0.29) is 17.2 Å². The molecule has 31 heavy (non-hydrogen) atoms. The lowest BCUT2D eigenvalue weighted by molar-refractivity contribution is -0.120. The van der Waals surface area contributed by atoms with E-state index in [2.05, 4.69) is 26.7 Å². The molecule has 9 heteroatoms. The highest BCUT2D eigenvalue weighted by atomic mass is 32.2. The van der Waals surface area contributed by atoms with Crippen LogP contribution in [0.15, 0.2) is 65.0 Å². The summed E-state index contributed by atoms with van der Waals surface area (Å²) in [5.74, 6) is -0.0748. The number of carbonyl (C=O) groups is 1. The number of aromatic nitrogens is 2. The lowest BCUT2D eigenvalue weighted by Gasteiger charge is -2.04. The standard InChI is InChI=1S/C22H22N4O3S2/c1-31(28,29)18-8-6-16(7-9-18)25-22-26-17(14-30-22)12-21(27)23-11-10-15-13-24-20-5-3-2-4-19(15)20/h2-9,13-14,24H,10-12H2,1H3,(H,23,27)(H,25,26). The zero-order valence-corrected chi connectivity index (χ0v) is 18.5. The largest absolute Gasteiger partial charge is 0.361 e. The highest BCUT2D eigenvalue weighted by Crippen LogP contribution is 2.22. The molecular formula is C22H22N4O3S2. The first-order valence-electron chi connectivity index (χ1n) is 9.72. The SMILES string of the molecule is CS(=O)(=O)c1ccc(Nc2nc(CC(=O)NCCc3c[nH]c4ccccc34)cs2)cc1. The van der Waals surface area contributed by atoms with Crippen LogP contribution < -0.4 is 10.6 Å². The minimum absolute atomic E-state index is 0.0748. The molecule has 3 N–H and O–H groups in total. The number of carbonyl (C=O) groups excluding carboxylic acids is 1. The molecule has 0 aliphatic heterocycles. The molecule has 160 valence electrons. The molecule has 0 atom stereocenters. The molecule has 2 aromatic carbocycles. The van der Waals surface area contributed by atoms with Crippen LogP contribution in [0.4, 0.5) is 10.8 Å². The number of H-pyrrole nitrogens is 1. The van der Waals surface area contributed by atoms with Crippen molar-refractivity contribution in [1.82, 2.24) is 15.3 Å². The number of amides is 1. The van der Waals surface area contributed by atoms with Gasteiger partial charge in [0.1, 0.15) is 0 Å². The molecule has 0 spiro atoms. The average Bonchev–Trinajstić information content (AvgIpc) is 3.35. The lowest BCUT2D eigenvalue weighted by atomic mass is 10.1. The number of nitrogens with one attached hydrogen (secondary N) is 3. The summed E-state index contributed by atoms with van der Waals surface area (Å²) in [5, 5.41) is 9.74. The summed E-state index contributed by atoms with van der Waals surface area (Å²) in [7, 11) is -3.22. The van der Waals surface area contributed by atoms with Crippen LogP contribution in [-0.4, -0.2) is 37.1 Å². The summed E-state index contributed by atoms with van der Waals surface area (Å²) >= 11 is 1.39. The monoisotopic (exact) mass is 454 g/mol. The number of hydrogen-bond acceptors (Lipinski definition) is 6. The molecule has 0 radical (unpaired) electrons. The van der Waals surface area contributed by atoms with Crippen molar-refractivity contribution < 1.29 is 13.2 Å². The van der Waals surface area contributed by atoms with Crippen LogP contribution in [-0.2, 0) is 27.5 Å². The van der Waals surface area contributed by atoms with Gasteiger partial charge in [-0.1, -0.05) is 18.2 Å². The quantitative estimate of drug-likeness (QED) is 0.377. The van der Waals surface area contributed by atoms with Gasteiger partial charge in [-0.15, -0.1) is 11.3 Å². The molecule has 0 saturated carbocycles. The van der Waals surface area contributed by atoms with Gasteiger partial charge in [-0.3, -0.25) is 4.79 Å². The fourth-order valence-electron chi connectivity index (χ4n) is 3.26. The van der Waals surface area contributed by atoms with Crippen molar-refractivity contribution in [2.24, 2.45) is 0 Å². The zero-order chi connectivity index (χ0) is 21.8. The van der Waals surface area contributed by atoms with Crippen LogP contribution >= 0.6 is 11.3 Å². The first-order valence-corrected chi connectivity index (χ1v) is 12.5. The number of benzene rings is 2. The van der Waals surface area contributed by atoms with E-state index in [9.17, 15) is 13.2 Å². The van der Waals surface area contributed by atoms with Gasteiger partial charge in [-0.05, 0) is 42.3 Å². The molecule has 2 aromatic heterocycles. The summed E-state index contributed by atoms with van der Waals surface area (Å²) < 4.78 is 23.1. The Kier molecular flexibility index (Phi) is 6.06. The van der Waals surface area contributed by atoms with Gasteiger partial charge in [-0.25, -0.2) is 13.4 Å². The van der Waals surface area contributed by atoms with Gasteiger partial charge in [0.15, 0.2) is 15.0 Å². The van der Waals surface area contributed by atoms with Crippen molar-refractivity contribution in [1.29, 1.82) is 0 Å². The number of nitrogens with zero attached hydrogens (tertiary/aromatic N) is 1. The van der Waals surface area contributed by atoms with E-state index in [4.69, 9.17) is 0 Å². The normalized spacial score (nSPS) is 11.5. The van der Waals surface area contributed by atoms with Gasteiger partial charge < -0.3 is 15.6 Å². The van der Waals surface area contributed by atoms with E-state index >= 15 is 0 Å². The first-order chi connectivity index (χ1) is 14.9. The van der Waals surface area contributed by atoms with Crippen molar-refractivity contribution in [2.75, 3.05) is 18.1 Å². The smallest absolute Gasteiger partial charge is 0.226 e. The van der Waals surface area contributed by atoms with Crippen molar-refractivity contribution in [3.8, 4) is 0 Å². The Morgan fingerprint density at radius 3 is 2.68 bits per heavy atom. The number of anilines is 2. The van der Waals surface area contributed by atoms with Gasteiger partial charge in [0.2, 0.25) is 5.91 Å². The Morgan fingerprint density at radius 2 is 1.90 bits per heavy atom. The number of thiazole rings is 1. The third kappa shape index (κ3) is 5.31. The second-order valence-electron chi connectivity index (χ2n) is 7.20. The molecule has 0 unspecified atom stereocenters. The van der Waals surface area contributed by atoms with E-state index in [1.807, 2.05) is 29.8 Å². The molecule has 4 rings (SSSR count). The molecule has 0 aliphatic carbocycles. The molecule has 7 nitrogen and oxygen atoms in total. The molecule has 0 bridgehead atoms. The average molecular weight is 455 g/mol. The maximum absolute atomic E-state index is 12.3. The Bertz CT molecular complexity index is 1310. The fraction of sp³-hybridized carbons (Fsp3) is 0.182. The summed E-state index contributed by atoms with van der Waals surface area (Å²) in [6, 6.07) is 14.6.